The van der Waals surface area contributed by atoms with Crippen LogP contribution in [0.2, 0.25) is 5.02 Å². The molecule has 1 amide bonds. The number of para-hydroxylation sites is 1. The molecule has 6 nitrogen and oxygen atoms in total. The topological polar surface area (TPSA) is 76.7 Å². The number of carbonyl (C=O) groups is 2. The molecule has 2 aromatic rings. The van der Waals surface area contributed by atoms with Crippen LogP contribution < -0.4 is 15.4 Å². The van der Waals surface area contributed by atoms with E-state index in [1.165, 1.54) is 7.11 Å². The van der Waals surface area contributed by atoms with E-state index in [1.54, 1.807) is 49.6 Å². The Labute approximate surface area is 151 Å². The van der Waals surface area contributed by atoms with Gasteiger partial charge in [-0.25, -0.2) is 4.79 Å². The van der Waals surface area contributed by atoms with E-state index in [0.29, 0.717) is 34.3 Å². The standard InChI is InChI=1S/C18H19ClN2O4/c1-24-16-8-7-12(19)11-15(16)20-10-9-17(22)21-14-6-4-3-5-13(14)18(23)25-2/h3-8,11,20H,9-10H2,1-2H3,(H,21,22). The van der Waals surface area contributed by atoms with Crippen LogP contribution >= 0.6 is 11.6 Å². The van der Waals surface area contributed by atoms with Crippen molar-refractivity contribution in [3.8, 4) is 5.75 Å². The number of ether oxygens (including phenoxy) is 2. The maximum absolute atomic E-state index is 12.1. The number of nitrogens with one attached hydrogen (secondary N) is 2. The fourth-order valence-electron chi connectivity index (χ4n) is 2.22. The van der Waals surface area contributed by atoms with E-state index in [4.69, 9.17) is 21.1 Å². The van der Waals surface area contributed by atoms with Crippen LogP contribution in [0.3, 0.4) is 0 Å². The lowest BCUT2D eigenvalue weighted by Gasteiger charge is -2.12. The highest BCUT2D eigenvalue weighted by atomic mass is 35.5. The Bertz CT molecular complexity index is 764. The Kier molecular flexibility index (Phi) is 6.65. The van der Waals surface area contributed by atoms with Gasteiger partial charge in [0, 0.05) is 18.0 Å². The molecule has 0 spiro atoms. The first-order chi connectivity index (χ1) is 12.0. The molecule has 0 fully saturated rings. The number of amides is 1. The van der Waals surface area contributed by atoms with Gasteiger partial charge in [-0.3, -0.25) is 4.79 Å². The van der Waals surface area contributed by atoms with Gasteiger partial charge in [-0.1, -0.05) is 23.7 Å². The van der Waals surface area contributed by atoms with Gasteiger partial charge in [0.25, 0.3) is 0 Å². The molecule has 0 heterocycles. The molecular weight excluding hydrogens is 344 g/mol. The van der Waals surface area contributed by atoms with Crippen LogP contribution in [-0.2, 0) is 9.53 Å². The molecule has 0 aliphatic carbocycles. The van der Waals surface area contributed by atoms with Crippen LogP contribution in [0.5, 0.6) is 5.75 Å². The van der Waals surface area contributed by atoms with Gasteiger partial charge < -0.3 is 20.1 Å². The smallest absolute Gasteiger partial charge is 0.339 e. The first kappa shape index (κ1) is 18.6. The van der Waals surface area contributed by atoms with Gasteiger partial charge in [-0.05, 0) is 30.3 Å². The lowest BCUT2D eigenvalue weighted by atomic mass is 10.1. The molecule has 0 saturated heterocycles. The molecule has 0 unspecified atom stereocenters. The number of benzene rings is 2. The third-order valence-electron chi connectivity index (χ3n) is 3.44. The Morgan fingerprint density at radius 2 is 1.84 bits per heavy atom. The number of carbonyl (C=O) groups excluding carboxylic acids is 2. The fraction of sp³-hybridized carbons (Fsp3) is 0.222. The highest BCUT2D eigenvalue weighted by molar-refractivity contribution is 6.30. The van der Waals surface area contributed by atoms with Crippen LogP contribution in [0.15, 0.2) is 42.5 Å². The van der Waals surface area contributed by atoms with E-state index in [1.807, 2.05) is 0 Å². The minimum absolute atomic E-state index is 0.200. The summed E-state index contributed by atoms with van der Waals surface area (Å²) < 4.78 is 9.94. The van der Waals surface area contributed by atoms with Gasteiger partial charge >= 0.3 is 5.97 Å². The summed E-state index contributed by atoms with van der Waals surface area (Å²) in [7, 11) is 2.86. The summed E-state index contributed by atoms with van der Waals surface area (Å²) in [6, 6.07) is 11.9. The van der Waals surface area contributed by atoms with E-state index < -0.39 is 5.97 Å². The number of anilines is 2. The predicted molar refractivity (Wildman–Crippen MR) is 97.5 cm³/mol. The van der Waals surface area contributed by atoms with Gasteiger partial charge in [0.2, 0.25) is 5.91 Å². The number of methoxy groups -OCH3 is 2. The van der Waals surface area contributed by atoms with Gasteiger partial charge in [-0.15, -0.1) is 0 Å². The highest BCUT2D eigenvalue weighted by Gasteiger charge is 2.13. The van der Waals surface area contributed by atoms with Crippen molar-refractivity contribution in [2.24, 2.45) is 0 Å². The fourth-order valence-corrected chi connectivity index (χ4v) is 2.39. The average Bonchev–Trinajstić information content (AvgIpc) is 2.61. The molecule has 0 aliphatic rings. The zero-order chi connectivity index (χ0) is 18.2. The second kappa shape index (κ2) is 8.94. The SMILES string of the molecule is COC(=O)c1ccccc1NC(=O)CCNc1cc(Cl)ccc1OC. The van der Waals surface area contributed by atoms with Crippen molar-refractivity contribution in [2.45, 2.75) is 6.42 Å². The molecular formula is C18H19ClN2O4. The number of hydrogen-bond donors (Lipinski definition) is 2. The van der Waals surface area contributed by atoms with Crippen molar-refractivity contribution in [1.82, 2.24) is 0 Å². The summed E-state index contributed by atoms with van der Waals surface area (Å²) in [5, 5.41) is 6.39. The van der Waals surface area contributed by atoms with Crippen molar-refractivity contribution in [2.75, 3.05) is 31.4 Å². The summed E-state index contributed by atoms with van der Waals surface area (Å²) in [6.45, 7) is 0.378. The molecule has 7 heteroatoms. The Balaban J connectivity index is 1.94. The second-order valence-electron chi connectivity index (χ2n) is 5.11. The maximum Gasteiger partial charge on any atom is 0.339 e. The molecule has 0 saturated carbocycles. The summed E-state index contributed by atoms with van der Waals surface area (Å²) >= 11 is 5.96. The van der Waals surface area contributed by atoms with Crippen LogP contribution in [0.4, 0.5) is 11.4 Å². The van der Waals surface area contributed by atoms with Crippen LogP contribution in [0.1, 0.15) is 16.8 Å². The zero-order valence-corrected chi connectivity index (χ0v) is 14.7. The normalized spacial score (nSPS) is 10.0. The van der Waals surface area contributed by atoms with Gasteiger partial charge in [0.1, 0.15) is 5.75 Å². The second-order valence-corrected chi connectivity index (χ2v) is 5.54. The van der Waals surface area contributed by atoms with Gasteiger partial charge in [0.15, 0.2) is 0 Å². The number of rotatable bonds is 7. The van der Waals surface area contributed by atoms with Crippen LogP contribution in [0, 0.1) is 0 Å². The molecule has 132 valence electrons. The summed E-state index contributed by atoms with van der Waals surface area (Å²) in [5.74, 6) is -0.0941. The van der Waals surface area contributed by atoms with E-state index in [-0.39, 0.29) is 12.3 Å². The molecule has 25 heavy (non-hydrogen) atoms. The Morgan fingerprint density at radius 3 is 2.56 bits per heavy atom. The number of hydrogen-bond acceptors (Lipinski definition) is 5. The van der Waals surface area contributed by atoms with Crippen molar-refractivity contribution in [3.05, 3.63) is 53.1 Å². The molecule has 2 aromatic carbocycles. The third-order valence-corrected chi connectivity index (χ3v) is 3.67. The first-order valence-electron chi connectivity index (χ1n) is 7.59. The third kappa shape index (κ3) is 5.12. The highest BCUT2D eigenvalue weighted by Crippen LogP contribution is 2.27. The molecule has 0 radical (unpaired) electrons. The summed E-state index contributed by atoms with van der Waals surface area (Å²) in [4.78, 5) is 23.8. The molecule has 0 aliphatic heterocycles. The Morgan fingerprint density at radius 1 is 1.08 bits per heavy atom. The lowest BCUT2D eigenvalue weighted by Crippen LogP contribution is -2.18. The van der Waals surface area contributed by atoms with Gasteiger partial charge in [0.05, 0.1) is 31.2 Å². The molecule has 0 aromatic heterocycles. The van der Waals surface area contributed by atoms with Crippen LogP contribution in [-0.4, -0.2) is 32.6 Å². The summed E-state index contributed by atoms with van der Waals surface area (Å²) in [5.41, 5.74) is 1.43. The van der Waals surface area contributed by atoms with Crippen molar-refractivity contribution in [1.29, 1.82) is 0 Å². The lowest BCUT2D eigenvalue weighted by molar-refractivity contribution is -0.115. The first-order valence-corrected chi connectivity index (χ1v) is 7.97. The zero-order valence-electron chi connectivity index (χ0n) is 14.0. The minimum Gasteiger partial charge on any atom is -0.495 e. The maximum atomic E-state index is 12.1. The Hall–Kier alpha value is -2.73. The molecule has 0 bridgehead atoms. The molecule has 2 N–H and O–H groups in total. The van der Waals surface area contributed by atoms with Crippen molar-refractivity contribution >= 4 is 34.9 Å². The largest absolute Gasteiger partial charge is 0.495 e. The molecule has 0 atom stereocenters. The van der Waals surface area contributed by atoms with Crippen molar-refractivity contribution < 1.29 is 19.1 Å². The van der Waals surface area contributed by atoms with E-state index in [0.717, 1.165) is 0 Å². The molecule has 2 rings (SSSR count). The van der Waals surface area contributed by atoms with E-state index in [9.17, 15) is 9.59 Å². The predicted octanol–water partition coefficient (Wildman–Crippen LogP) is 3.58. The number of halogens is 1. The van der Waals surface area contributed by atoms with Crippen LogP contribution in [0.25, 0.3) is 0 Å². The van der Waals surface area contributed by atoms with Gasteiger partial charge in [-0.2, -0.15) is 0 Å². The minimum atomic E-state index is -0.502. The number of esters is 1. The van der Waals surface area contributed by atoms with E-state index in [2.05, 4.69) is 10.6 Å². The summed E-state index contributed by atoms with van der Waals surface area (Å²) in [6.07, 6.45) is 0.200. The monoisotopic (exact) mass is 362 g/mol. The van der Waals surface area contributed by atoms with Crippen molar-refractivity contribution in [3.63, 3.8) is 0 Å². The quantitative estimate of drug-likeness (QED) is 0.736. The van der Waals surface area contributed by atoms with E-state index >= 15 is 0 Å². The average molecular weight is 363 g/mol.